The zero-order valence-electron chi connectivity index (χ0n) is 14.5. The van der Waals surface area contributed by atoms with E-state index in [4.69, 9.17) is 9.47 Å². The van der Waals surface area contributed by atoms with E-state index in [0.29, 0.717) is 13.0 Å². The molecule has 146 valence electrons. The lowest BCUT2D eigenvalue weighted by Crippen LogP contribution is -2.38. The molecule has 1 unspecified atom stereocenters. The van der Waals surface area contributed by atoms with Gasteiger partial charge in [0.1, 0.15) is 17.5 Å². The van der Waals surface area contributed by atoms with Gasteiger partial charge in [-0.15, -0.1) is 0 Å². The molecule has 0 saturated heterocycles. The molecule has 0 bridgehead atoms. The summed E-state index contributed by atoms with van der Waals surface area (Å²) in [6.45, 7) is 2.51. The van der Waals surface area contributed by atoms with Gasteiger partial charge < -0.3 is 19.9 Å². The fourth-order valence-corrected chi connectivity index (χ4v) is 6.73. The van der Waals surface area contributed by atoms with Crippen molar-refractivity contribution in [3.63, 3.8) is 0 Å². The van der Waals surface area contributed by atoms with E-state index in [9.17, 15) is 9.90 Å². The Morgan fingerprint density at radius 1 is 1.04 bits per heavy atom. The molecule has 0 amide bonds. The fraction of sp³-hybridized carbons (Fsp3) is 0.278. The third kappa shape index (κ3) is 6.44. The normalized spacial score (nSPS) is 11.9. The van der Waals surface area contributed by atoms with E-state index in [-0.39, 0.29) is 0 Å². The summed E-state index contributed by atoms with van der Waals surface area (Å²) >= 11 is 8.91. The molecule has 0 saturated carbocycles. The lowest BCUT2D eigenvalue weighted by molar-refractivity contribution is -0.139. The summed E-state index contributed by atoms with van der Waals surface area (Å²) in [5.74, 6) is 1.51. The van der Waals surface area contributed by atoms with Gasteiger partial charge in [-0.2, -0.15) is 0 Å². The van der Waals surface area contributed by atoms with Crippen LogP contribution in [0, 0.1) is 14.3 Å². The number of carboxylic acid groups (broad SMARTS) is 1. The molecule has 1 atom stereocenters. The first-order chi connectivity index (χ1) is 12.8. The number of hydrogen-bond donors (Lipinski definition) is 2. The van der Waals surface area contributed by atoms with Crippen LogP contribution in [0.5, 0.6) is 17.2 Å². The zero-order chi connectivity index (χ0) is 20.1. The number of ether oxygens (including phenoxy) is 2. The molecular weight excluding hydrogens is 802 g/mol. The highest BCUT2D eigenvalue weighted by molar-refractivity contribution is 14.1. The summed E-state index contributed by atoms with van der Waals surface area (Å²) in [5.41, 5.74) is 0.961. The maximum absolute atomic E-state index is 11.4. The number of hydrogen-bond acceptors (Lipinski definition) is 4. The number of carbonyl (C=O) groups is 1. The molecule has 0 aliphatic rings. The van der Waals surface area contributed by atoms with Crippen LogP contribution < -0.4 is 14.8 Å². The molecule has 2 aromatic rings. The van der Waals surface area contributed by atoms with Crippen molar-refractivity contribution in [3.8, 4) is 17.2 Å². The topological polar surface area (TPSA) is 67.8 Å². The van der Waals surface area contributed by atoms with E-state index in [1.54, 1.807) is 7.11 Å². The Bertz CT molecular complexity index is 798. The average Bonchev–Trinajstić information content (AvgIpc) is 2.57. The Kier molecular flexibility index (Phi) is 9.61. The number of rotatable bonds is 8. The summed E-state index contributed by atoms with van der Waals surface area (Å²) in [6.07, 6.45) is 0.424. The third-order valence-electron chi connectivity index (χ3n) is 3.64. The van der Waals surface area contributed by atoms with Crippen LogP contribution in [-0.2, 0) is 11.2 Å². The van der Waals surface area contributed by atoms with E-state index < -0.39 is 12.0 Å². The van der Waals surface area contributed by atoms with Gasteiger partial charge in [-0.25, -0.2) is 0 Å². The van der Waals surface area contributed by atoms with Crippen LogP contribution in [0.25, 0.3) is 0 Å². The van der Waals surface area contributed by atoms with Gasteiger partial charge in [0.15, 0.2) is 5.75 Å². The molecule has 27 heavy (non-hydrogen) atoms. The van der Waals surface area contributed by atoms with Gasteiger partial charge in [0.2, 0.25) is 0 Å². The first kappa shape index (κ1) is 23.7. The molecule has 9 heteroatoms. The van der Waals surface area contributed by atoms with E-state index in [1.165, 1.54) is 0 Å². The maximum atomic E-state index is 11.4. The van der Waals surface area contributed by atoms with Gasteiger partial charge in [-0.3, -0.25) is 4.79 Å². The first-order valence-electron chi connectivity index (χ1n) is 7.91. The standard InChI is InChI=1S/C18H17I4NO4/c1-3-23-15(18(24)25)6-9-4-11(19)17(12(20)5-9)27-10-7-13(21)16(26-2)14(22)8-10/h4-5,7-8,15,23H,3,6H2,1-2H3,(H,24,25). The predicted molar refractivity (Wildman–Crippen MR) is 139 cm³/mol. The van der Waals surface area contributed by atoms with Crippen LogP contribution in [0.3, 0.4) is 0 Å². The predicted octanol–water partition coefficient (Wildman–Crippen LogP) is 5.51. The van der Waals surface area contributed by atoms with E-state index in [2.05, 4.69) is 95.7 Å². The Morgan fingerprint density at radius 2 is 1.56 bits per heavy atom. The van der Waals surface area contributed by atoms with Crippen molar-refractivity contribution < 1.29 is 19.4 Å². The minimum absolute atomic E-state index is 0.424. The number of nitrogens with one attached hydrogen (secondary N) is 1. The Labute approximate surface area is 212 Å². The molecule has 0 heterocycles. The molecule has 0 spiro atoms. The van der Waals surface area contributed by atoms with Crippen LogP contribution in [0.2, 0.25) is 0 Å². The minimum Gasteiger partial charge on any atom is -0.495 e. The lowest BCUT2D eigenvalue weighted by Gasteiger charge is -2.16. The smallest absolute Gasteiger partial charge is 0.321 e. The van der Waals surface area contributed by atoms with Gasteiger partial charge in [0.25, 0.3) is 0 Å². The van der Waals surface area contributed by atoms with Crippen LogP contribution in [-0.4, -0.2) is 30.8 Å². The molecule has 2 rings (SSSR count). The van der Waals surface area contributed by atoms with Gasteiger partial charge >= 0.3 is 5.97 Å². The van der Waals surface area contributed by atoms with Crippen molar-refractivity contribution in [3.05, 3.63) is 44.1 Å². The van der Waals surface area contributed by atoms with Gasteiger partial charge in [-0.1, -0.05) is 6.92 Å². The van der Waals surface area contributed by atoms with E-state index >= 15 is 0 Å². The van der Waals surface area contributed by atoms with Crippen LogP contribution >= 0.6 is 90.4 Å². The van der Waals surface area contributed by atoms with Crippen molar-refractivity contribution in [1.82, 2.24) is 5.32 Å². The largest absolute Gasteiger partial charge is 0.495 e. The maximum Gasteiger partial charge on any atom is 0.321 e. The van der Waals surface area contributed by atoms with Crippen LogP contribution in [0.4, 0.5) is 0 Å². The Morgan fingerprint density at radius 3 is 2.00 bits per heavy atom. The highest BCUT2D eigenvalue weighted by atomic mass is 127. The first-order valence-corrected chi connectivity index (χ1v) is 12.2. The highest BCUT2D eigenvalue weighted by Crippen LogP contribution is 2.37. The van der Waals surface area contributed by atoms with Gasteiger partial charge in [0, 0.05) is 0 Å². The molecule has 0 fully saturated rings. The number of halogens is 4. The Balaban J connectivity index is 2.28. The summed E-state index contributed by atoms with van der Waals surface area (Å²) < 4.78 is 15.4. The van der Waals surface area contributed by atoms with E-state index in [0.717, 1.165) is 37.1 Å². The fourth-order valence-electron chi connectivity index (χ4n) is 2.47. The third-order valence-corrected chi connectivity index (χ3v) is 6.85. The summed E-state index contributed by atoms with van der Waals surface area (Å²) in [7, 11) is 1.66. The van der Waals surface area contributed by atoms with Gasteiger partial charge in [0.05, 0.1) is 21.4 Å². The molecule has 0 aromatic heterocycles. The lowest BCUT2D eigenvalue weighted by atomic mass is 10.1. The van der Waals surface area contributed by atoms with Crippen molar-refractivity contribution in [2.45, 2.75) is 19.4 Å². The average molecular weight is 819 g/mol. The summed E-state index contributed by atoms with van der Waals surface area (Å²) in [5, 5.41) is 12.3. The SMILES string of the molecule is CCNC(Cc1cc(I)c(Oc2cc(I)c(OC)c(I)c2)c(I)c1)C(=O)O. The second-order valence-electron chi connectivity index (χ2n) is 5.56. The second kappa shape index (κ2) is 11.0. The number of likely N-dealkylation sites (N-methyl/N-ethyl adjacent to an activating group) is 1. The highest BCUT2D eigenvalue weighted by Gasteiger charge is 2.19. The molecule has 5 nitrogen and oxygen atoms in total. The number of benzene rings is 2. The quantitative estimate of drug-likeness (QED) is 0.345. The number of aliphatic carboxylic acids is 1. The molecule has 0 radical (unpaired) electrons. The number of carboxylic acids is 1. The molecule has 2 aromatic carbocycles. The van der Waals surface area contributed by atoms with Crippen molar-refractivity contribution in [2.75, 3.05) is 13.7 Å². The van der Waals surface area contributed by atoms with Gasteiger partial charge in [-0.05, 0) is 133 Å². The molecular formula is C18H17I4NO4. The van der Waals surface area contributed by atoms with Crippen molar-refractivity contribution in [2.24, 2.45) is 0 Å². The number of methoxy groups -OCH3 is 1. The summed E-state index contributed by atoms with van der Waals surface area (Å²) in [4.78, 5) is 11.4. The zero-order valence-corrected chi connectivity index (χ0v) is 23.1. The Hall–Kier alpha value is 0.390. The van der Waals surface area contributed by atoms with E-state index in [1.807, 2.05) is 31.2 Å². The second-order valence-corrected chi connectivity index (χ2v) is 10.2. The summed E-state index contributed by atoms with van der Waals surface area (Å²) in [6, 6.07) is 7.23. The minimum atomic E-state index is -0.843. The molecule has 2 N–H and O–H groups in total. The van der Waals surface area contributed by atoms with Crippen LogP contribution in [0.15, 0.2) is 24.3 Å². The van der Waals surface area contributed by atoms with Crippen molar-refractivity contribution in [1.29, 1.82) is 0 Å². The monoisotopic (exact) mass is 819 g/mol. The van der Waals surface area contributed by atoms with Crippen molar-refractivity contribution >= 4 is 96.3 Å². The van der Waals surface area contributed by atoms with Crippen LogP contribution in [0.1, 0.15) is 12.5 Å². The molecule has 0 aliphatic heterocycles. The molecule has 0 aliphatic carbocycles.